The molecule has 15 heavy (non-hydrogen) atoms. The third-order valence-electron chi connectivity index (χ3n) is 3.72. The molecule has 1 heterocycles. The quantitative estimate of drug-likeness (QED) is 0.801. The molecule has 0 spiro atoms. The van der Waals surface area contributed by atoms with E-state index in [4.69, 9.17) is 0 Å². The van der Waals surface area contributed by atoms with Gasteiger partial charge < -0.3 is 5.32 Å². The number of pyridine rings is 1. The van der Waals surface area contributed by atoms with Crippen LogP contribution >= 0.6 is 0 Å². The maximum Gasteiger partial charge on any atom is 0.0302 e. The summed E-state index contributed by atoms with van der Waals surface area (Å²) >= 11 is 0. The molecule has 1 fully saturated rings. The summed E-state index contributed by atoms with van der Waals surface area (Å²) in [7, 11) is 2.07. The first-order chi connectivity index (χ1) is 7.31. The number of hydrogen-bond acceptors (Lipinski definition) is 2. The van der Waals surface area contributed by atoms with Crippen molar-refractivity contribution in [3.05, 3.63) is 30.1 Å². The van der Waals surface area contributed by atoms with Crippen molar-refractivity contribution < 1.29 is 0 Å². The molecule has 3 unspecified atom stereocenters. The fraction of sp³-hybridized carbons (Fsp3) is 0.615. The highest BCUT2D eigenvalue weighted by Gasteiger charge is 2.27. The van der Waals surface area contributed by atoms with Crippen LogP contribution in [0.5, 0.6) is 0 Å². The van der Waals surface area contributed by atoms with Gasteiger partial charge in [0.1, 0.15) is 0 Å². The van der Waals surface area contributed by atoms with Gasteiger partial charge in [-0.25, -0.2) is 0 Å². The van der Waals surface area contributed by atoms with Crippen molar-refractivity contribution in [2.75, 3.05) is 7.05 Å². The molecule has 1 aromatic rings. The number of nitrogens with zero attached hydrogens (tertiary/aromatic N) is 1. The molecule has 0 aromatic carbocycles. The van der Waals surface area contributed by atoms with Crippen LogP contribution < -0.4 is 5.32 Å². The van der Waals surface area contributed by atoms with E-state index < -0.39 is 0 Å². The van der Waals surface area contributed by atoms with Gasteiger partial charge in [-0.2, -0.15) is 0 Å². The Morgan fingerprint density at radius 1 is 1.40 bits per heavy atom. The molecule has 0 aliphatic heterocycles. The van der Waals surface area contributed by atoms with Crippen LogP contribution in [0.3, 0.4) is 0 Å². The highest BCUT2D eigenvalue weighted by Crippen LogP contribution is 2.36. The van der Waals surface area contributed by atoms with Crippen molar-refractivity contribution in [2.45, 2.75) is 38.1 Å². The second kappa shape index (κ2) is 4.75. The standard InChI is InChI=1S/C13H20N2/c1-10-5-6-12(14-2)8-13(10)11-4-3-7-15-9-11/h3-4,7,9-10,12-14H,5-6,8H2,1-2H3. The molecule has 2 nitrogen and oxygen atoms in total. The Morgan fingerprint density at radius 2 is 2.27 bits per heavy atom. The third kappa shape index (κ3) is 2.37. The molecule has 0 saturated heterocycles. The van der Waals surface area contributed by atoms with E-state index in [9.17, 15) is 0 Å². The van der Waals surface area contributed by atoms with Crippen LogP contribution in [0.25, 0.3) is 0 Å². The maximum absolute atomic E-state index is 4.22. The summed E-state index contributed by atoms with van der Waals surface area (Å²) in [6.07, 6.45) is 7.77. The number of rotatable bonds is 2. The van der Waals surface area contributed by atoms with Crippen molar-refractivity contribution in [3.63, 3.8) is 0 Å². The van der Waals surface area contributed by atoms with E-state index in [1.165, 1.54) is 24.8 Å². The van der Waals surface area contributed by atoms with Gasteiger partial charge in [0.15, 0.2) is 0 Å². The van der Waals surface area contributed by atoms with Crippen LogP contribution in [0, 0.1) is 5.92 Å². The van der Waals surface area contributed by atoms with Crippen molar-refractivity contribution in [3.8, 4) is 0 Å². The first kappa shape index (κ1) is 10.6. The largest absolute Gasteiger partial charge is 0.317 e. The normalized spacial score (nSPS) is 31.5. The Labute approximate surface area is 92.1 Å². The van der Waals surface area contributed by atoms with Crippen molar-refractivity contribution in [1.29, 1.82) is 0 Å². The maximum atomic E-state index is 4.22. The predicted octanol–water partition coefficient (Wildman–Crippen LogP) is 2.57. The number of nitrogens with one attached hydrogen (secondary N) is 1. The second-order valence-corrected chi connectivity index (χ2v) is 4.67. The molecule has 2 rings (SSSR count). The monoisotopic (exact) mass is 204 g/mol. The highest BCUT2D eigenvalue weighted by atomic mass is 14.9. The summed E-state index contributed by atoms with van der Waals surface area (Å²) in [5.74, 6) is 1.48. The zero-order valence-electron chi connectivity index (χ0n) is 9.61. The van der Waals surface area contributed by atoms with Crippen LogP contribution in [0.4, 0.5) is 0 Å². The Morgan fingerprint density at radius 3 is 2.93 bits per heavy atom. The van der Waals surface area contributed by atoms with Gasteiger partial charge in [0.25, 0.3) is 0 Å². The van der Waals surface area contributed by atoms with Gasteiger partial charge >= 0.3 is 0 Å². The lowest BCUT2D eigenvalue weighted by molar-refractivity contribution is 0.277. The first-order valence-electron chi connectivity index (χ1n) is 5.88. The minimum atomic E-state index is 0.685. The van der Waals surface area contributed by atoms with E-state index in [2.05, 4.69) is 30.3 Å². The lowest BCUT2D eigenvalue weighted by Gasteiger charge is -2.34. The summed E-state index contributed by atoms with van der Waals surface area (Å²) < 4.78 is 0. The van der Waals surface area contributed by atoms with E-state index in [-0.39, 0.29) is 0 Å². The van der Waals surface area contributed by atoms with Crippen molar-refractivity contribution in [1.82, 2.24) is 10.3 Å². The molecule has 1 aliphatic rings. The molecule has 82 valence electrons. The molecule has 0 bridgehead atoms. The number of hydrogen-bond donors (Lipinski definition) is 1. The van der Waals surface area contributed by atoms with Gasteiger partial charge in [-0.15, -0.1) is 0 Å². The SMILES string of the molecule is CNC1CCC(C)C(c2cccnc2)C1. The predicted molar refractivity (Wildman–Crippen MR) is 62.8 cm³/mol. The highest BCUT2D eigenvalue weighted by molar-refractivity contribution is 5.17. The molecular weight excluding hydrogens is 184 g/mol. The summed E-state index contributed by atoms with van der Waals surface area (Å²) in [4.78, 5) is 4.22. The Kier molecular flexibility index (Phi) is 3.37. The van der Waals surface area contributed by atoms with E-state index in [0.717, 1.165) is 5.92 Å². The van der Waals surface area contributed by atoms with Crippen LogP contribution in [-0.4, -0.2) is 18.1 Å². The van der Waals surface area contributed by atoms with Crippen molar-refractivity contribution >= 4 is 0 Å². The average Bonchev–Trinajstić information content (AvgIpc) is 2.31. The lowest BCUT2D eigenvalue weighted by atomic mass is 9.75. The fourth-order valence-corrected chi connectivity index (χ4v) is 2.64. The van der Waals surface area contributed by atoms with E-state index >= 15 is 0 Å². The van der Waals surface area contributed by atoms with Gasteiger partial charge in [0.2, 0.25) is 0 Å². The lowest BCUT2D eigenvalue weighted by Crippen LogP contribution is -2.33. The first-order valence-corrected chi connectivity index (χ1v) is 5.88. The summed E-state index contributed by atoms with van der Waals surface area (Å²) in [6.45, 7) is 2.36. The molecule has 0 radical (unpaired) electrons. The zero-order chi connectivity index (χ0) is 10.7. The molecule has 1 N–H and O–H groups in total. The Bertz CT molecular complexity index is 297. The molecular formula is C13H20N2. The third-order valence-corrected chi connectivity index (χ3v) is 3.72. The van der Waals surface area contributed by atoms with Crippen LogP contribution in [-0.2, 0) is 0 Å². The summed E-state index contributed by atoms with van der Waals surface area (Å²) in [6, 6.07) is 4.95. The van der Waals surface area contributed by atoms with Gasteiger partial charge in [0, 0.05) is 18.4 Å². The van der Waals surface area contributed by atoms with Gasteiger partial charge in [0.05, 0.1) is 0 Å². The van der Waals surface area contributed by atoms with E-state index in [1.54, 1.807) is 0 Å². The molecule has 0 amide bonds. The zero-order valence-corrected chi connectivity index (χ0v) is 9.61. The molecule has 1 aromatic heterocycles. The fourth-order valence-electron chi connectivity index (χ4n) is 2.64. The van der Waals surface area contributed by atoms with Gasteiger partial charge in [-0.3, -0.25) is 4.98 Å². The van der Waals surface area contributed by atoms with Crippen LogP contribution in [0.2, 0.25) is 0 Å². The minimum absolute atomic E-state index is 0.685. The van der Waals surface area contributed by atoms with Gasteiger partial charge in [-0.05, 0) is 49.8 Å². The molecule has 2 heteroatoms. The average molecular weight is 204 g/mol. The topological polar surface area (TPSA) is 24.9 Å². The van der Waals surface area contributed by atoms with E-state index in [1.807, 2.05) is 18.5 Å². The summed E-state index contributed by atoms with van der Waals surface area (Å²) in [5.41, 5.74) is 1.41. The van der Waals surface area contributed by atoms with Crippen LogP contribution in [0.1, 0.15) is 37.7 Å². The Balaban J connectivity index is 2.13. The Hall–Kier alpha value is -0.890. The summed E-state index contributed by atoms with van der Waals surface area (Å²) in [5, 5.41) is 3.40. The smallest absolute Gasteiger partial charge is 0.0302 e. The van der Waals surface area contributed by atoms with Gasteiger partial charge in [-0.1, -0.05) is 13.0 Å². The van der Waals surface area contributed by atoms with Crippen LogP contribution in [0.15, 0.2) is 24.5 Å². The van der Waals surface area contributed by atoms with E-state index in [0.29, 0.717) is 12.0 Å². The molecule has 1 aliphatic carbocycles. The minimum Gasteiger partial charge on any atom is -0.317 e. The second-order valence-electron chi connectivity index (χ2n) is 4.67. The van der Waals surface area contributed by atoms with Crippen molar-refractivity contribution in [2.24, 2.45) is 5.92 Å². The molecule has 3 atom stereocenters. The number of aromatic nitrogens is 1. The molecule has 1 saturated carbocycles.